The van der Waals surface area contributed by atoms with Gasteiger partial charge in [-0.25, -0.2) is 4.98 Å². The third-order valence-electron chi connectivity index (χ3n) is 2.48. The van der Waals surface area contributed by atoms with Crippen LogP contribution in [0.15, 0.2) is 18.2 Å². The van der Waals surface area contributed by atoms with Gasteiger partial charge in [-0.3, -0.25) is 0 Å². The molecule has 0 bridgehead atoms. The molecule has 3 rings (SSSR count). The Morgan fingerprint density at radius 3 is 3.20 bits per heavy atom. The number of nitrogens with zero attached hydrogens (tertiary/aromatic N) is 1. The second-order valence-electron chi connectivity index (χ2n) is 3.55. The molecule has 2 heterocycles. The highest BCUT2D eigenvalue weighted by atomic mass is 35.5. The smallest absolute Gasteiger partial charge is 0.0905 e. The minimum Gasteiger partial charge on any atom is -0.379 e. The highest BCUT2D eigenvalue weighted by molar-refractivity contribution is 7.12. The van der Waals surface area contributed by atoms with Crippen LogP contribution in [-0.2, 0) is 6.54 Å². The molecule has 0 saturated heterocycles. The molecule has 0 radical (unpaired) electrons. The van der Waals surface area contributed by atoms with Gasteiger partial charge in [0.2, 0.25) is 0 Å². The zero-order valence-corrected chi connectivity index (χ0v) is 9.75. The maximum Gasteiger partial charge on any atom is 0.0905 e. The Bertz CT molecular complexity index is 533. The lowest BCUT2D eigenvalue weighted by atomic mass is 10.1. The van der Waals surface area contributed by atoms with E-state index in [0.29, 0.717) is 0 Å². The molecular weight excluding hydrogens is 228 g/mol. The van der Waals surface area contributed by atoms with E-state index in [-0.39, 0.29) is 0 Å². The Kier molecular flexibility index (Phi) is 1.97. The van der Waals surface area contributed by atoms with Gasteiger partial charge in [0, 0.05) is 16.3 Å². The predicted molar refractivity (Wildman–Crippen MR) is 64.6 cm³/mol. The predicted octanol–water partition coefficient (Wildman–Crippen LogP) is 3.70. The van der Waals surface area contributed by atoms with Crippen molar-refractivity contribution in [2.24, 2.45) is 0 Å². The number of aromatic nitrogens is 1. The van der Waals surface area contributed by atoms with Crippen LogP contribution in [0.4, 0.5) is 5.69 Å². The van der Waals surface area contributed by atoms with E-state index < -0.39 is 0 Å². The van der Waals surface area contributed by atoms with Crippen molar-refractivity contribution in [3.8, 4) is 11.3 Å². The summed E-state index contributed by atoms with van der Waals surface area (Å²) in [7, 11) is 0. The lowest BCUT2D eigenvalue weighted by Crippen LogP contribution is -2.06. The molecule has 1 aliphatic heterocycles. The summed E-state index contributed by atoms with van der Waals surface area (Å²) in [5.74, 6) is 0. The normalized spacial score (nSPS) is 12.9. The van der Waals surface area contributed by atoms with Gasteiger partial charge in [-0.2, -0.15) is 0 Å². The largest absolute Gasteiger partial charge is 0.379 e. The molecule has 1 N–H and O–H groups in total. The fourth-order valence-corrected chi connectivity index (χ4v) is 2.91. The van der Waals surface area contributed by atoms with Gasteiger partial charge < -0.3 is 5.32 Å². The maximum atomic E-state index is 5.95. The van der Waals surface area contributed by atoms with Crippen LogP contribution in [0.5, 0.6) is 0 Å². The first kappa shape index (κ1) is 9.19. The Morgan fingerprint density at radius 2 is 2.33 bits per heavy atom. The van der Waals surface area contributed by atoms with Crippen molar-refractivity contribution >= 4 is 28.6 Å². The summed E-state index contributed by atoms with van der Waals surface area (Å²) < 4.78 is 0. The van der Waals surface area contributed by atoms with E-state index in [0.717, 1.165) is 33.5 Å². The summed E-state index contributed by atoms with van der Waals surface area (Å²) in [5.41, 5.74) is 3.35. The van der Waals surface area contributed by atoms with E-state index in [2.05, 4.69) is 10.3 Å². The summed E-state index contributed by atoms with van der Waals surface area (Å²) in [6.45, 7) is 2.90. The number of nitrogens with one attached hydrogen (secondary N) is 1. The fourth-order valence-electron chi connectivity index (χ4n) is 1.84. The van der Waals surface area contributed by atoms with Crippen LogP contribution in [0, 0.1) is 6.92 Å². The summed E-state index contributed by atoms with van der Waals surface area (Å²) in [6, 6.07) is 5.89. The molecular formula is C11H9ClN2S. The SMILES string of the molecule is Cc1nc2c(s1)CNc1cc(Cl)ccc1-2. The van der Waals surface area contributed by atoms with E-state index in [1.54, 1.807) is 11.3 Å². The van der Waals surface area contributed by atoms with Crippen LogP contribution in [0.2, 0.25) is 5.02 Å². The number of aryl methyl sites for hydroxylation is 1. The minimum absolute atomic E-state index is 0.761. The van der Waals surface area contributed by atoms with Crippen LogP contribution >= 0.6 is 22.9 Å². The molecule has 2 nitrogen and oxygen atoms in total. The van der Waals surface area contributed by atoms with Crippen LogP contribution in [0.25, 0.3) is 11.3 Å². The first-order valence-corrected chi connectivity index (χ1v) is 5.93. The summed E-state index contributed by atoms with van der Waals surface area (Å²) in [6.07, 6.45) is 0. The summed E-state index contributed by atoms with van der Waals surface area (Å²) in [5, 5.41) is 5.24. The molecule has 0 fully saturated rings. The zero-order chi connectivity index (χ0) is 10.4. The maximum absolute atomic E-state index is 5.95. The zero-order valence-electron chi connectivity index (χ0n) is 8.17. The molecule has 0 saturated carbocycles. The van der Waals surface area contributed by atoms with Gasteiger partial charge in [0.1, 0.15) is 0 Å². The van der Waals surface area contributed by atoms with Crippen molar-refractivity contribution in [1.82, 2.24) is 4.98 Å². The molecule has 1 aromatic heterocycles. The van der Waals surface area contributed by atoms with Crippen molar-refractivity contribution in [1.29, 1.82) is 0 Å². The van der Waals surface area contributed by atoms with E-state index in [1.807, 2.05) is 25.1 Å². The van der Waals surface area contributed by atoms with Crippen LogP contribution in [0.3, 0.4) is 0 Å². The Labute approximate surface area is 96.9 Å². The lowest BCUT2D eigenvalue weighted by Gasteiger charge is -2.17. The average Bonchev–Trinajstić information content (AvgIpc) is 2.58. The molecule has 0 spiro atoms. The standard InChI is InChI=1S/C11H9ClN2S/c1-6-14-11-8-3-2-7(12)4-9(8)13-5-10(11)15-6/h2-4,13H,5H2,1H3. The molecule has 0 aliphatic carbocycles. The van der Waals surface area contributed by atoms with Crippen molar-refractivity contribution in [3.63, 3.8) is 0 Å². The highest BCUT2D eigenvalue weighted by Crippen LogP contribution is 2.38. The summed E-state index contributed by atoms with van der Waals surface area (Å²) >= 11 is 7.70. The van der Waals surface area contributed by atoms with Crippen molar-refractivity contribution in [2.75, 3.05) is 5.32 Å². The number of benzene rings is 1. The molecule has 0 amide bonds. The molecule has 1 aliphatic rings. The molecule has 76 valence electrons. The number of rotatable bonds is 0. The van der Waals surface area contributed by atoms with Gasteiger partial charge in [0.25, 0.3) is 0 Å². The Balaban J connectivity index is 2.25. The van der Waals surface area contributed by atoms with Crippen molar-refractivity contribution in [2.45, 2.75) is 13.5 Å². The van der Waals surface area contributed by atoms with Gasteiger partial charge in [-0.1, -0.05) is 11.6 Å². The van der Waals surface area contributed by atoms with Gasteiger partial charge in [-0.05, 0) is 25.1 Å². The third kappa shape index (κ3) is 1.43. The van der Waals surface area contributed by atoms with E-state index >= 15 is 0 Å². The van der Waals surface area contributed by atoms with Crippen LogP contribution in [0.1, 0.15) is 9.88 Å². The molecule has 1 aromatic carbocycles. The number of fused-ring (bicyclic) bond motifs is 3. The molecule has 15 heavy (non-hydrogen) atoms. The second-order valence-corrected chi connectivity index (χ2v) is 5.27. The number of halogens is 1. The Hall–Kier alpha value is -1.06. The number of hydrogen-bond acceptors (Lipinski definition) is 3. The quantitative estimate of drug-likeness (QED) is 0.755. The fraction of sp³-hybridized carbons (Fsp3) is 0.182. The van der Waals surface area contributed by atoms with Gasteiger partial charge in [-0.15, -0.1) is 11.3 Å². The molecule has 2 aromatic rings. The van der Waals surface area contributed by atoms with Gasteiger partial charge >= 0.3 is 0 Å². The number of hydrogen-bond donors (Lipinski definition) is 1. The monoisotopic (exact) mass is 236 g/mol. The first-order valence-electron chi connectivity index (χ1n) is 4.74. The van der Waals surface area contributed by atoms with Crippen LogP contribution in [-0.4, -0.2) is 4.98 Å². The van der Waals surface area contributed by atoms with Crippen LogP contribution < -0.4 is 5.32 Å². The van der Waals surface area contributed by atoms with Gasteiger partial charge in [0.15, 0.2) is 0 Å². The lowest BCUT2D eigenvalue weighted by molar-refractivity contribution is 1.14. The first-order chi connectivity index (χ1) is 7.24. The van der Waals surface area contributed by atoms with E-state index in [4.69, 9.17) is 11.6 Å². The molecule has 0 atom stereocenters. The second kappa shape index (κ2) is 3.22. The van der Waals surface area contributed by atoms with E-state index in [9.17, 15) is 0 Å². The van der Waals surface area contributed by atoms with Crippen molar-refractivity contribution in [3.05, 3.63) is 33.1 Å². The van der Waals surface area contributed by atoms with E-state index in [1.165, 1.54) is 4.88 Å². The average molecular weight is 237 g/mol. The van der Waals surface area contributed by atoms with Crippen molar-refractivity contribution < 1.29 is 0 Å². The van der Waals surface area contributed by atoms with Gasteiger partial charge in [0.05, 0.1) is 22.1 Å². The third-order valence-corrected chi connectivity index (χ3v) is 3.69. The number of anilines is 1. The highest BCUT2D eigenvalue weighted by Gasteiger charge is 2.19. The molecule has 0 unspecified atom stereocenters. The topological polar surface area (TPSA) is 24.9 Å². The molecule has 4 heteroatoms. The Morgan fingerprint density at radius 1 is 1.47 bits per heavy atom. The number of thiazole rings is 1. The summed E-state index contributed by atoms with van der Waals surface area (Å²) in [4.78, 5) is 5.87. The minimum atomic E-state index is 0.761.